The predicted octanol–water partition coefficient (Wildman–Crippen LogP) is 5.04. The van der Waals surface area contributed by atoms with Crippen LogP contribution in [-0.2, 0) is 9.84 Å². The Labute approximate surface area is 167 Å². The maximum absolute atomic E-state index is 13.5. The molecule has 0 heterocycles. The third-order valence-electron chi connectivity index (χ3n) is 4.36. The fourth-order valence-corrected chi connectivity index (χ4v) is 5.29. The molecule has 6 heteroatoms. The Bertz CT molecular complexity index is 1050. The van der Waals surface area contributed by atoms with E-state index in [0.29, 0.717) is 10.0 Å². The van der Waals surface area contributed by atoms with Gasteiger partial charge >= 0.3 is 0 Å². The fraction of sp³-hybridized carbons (Fsp3) is 0.143. The molecule has 1 N–H and O–H groups in total. The SMILES string of the molecule is COc1c(Br)ccc(C(c2ccccc2)S(=O)(=O)c2ccc(C)cc2)c1O. The molecule has 0 spiro atoms. The van der Waals surface area contributed by atoms with Crippen LogP contribution < -0.4 is 4.74 Å². The van der Waals surface area contributed by atoms with Gasteiger partial charge in [-0.3, -0.25) is 0 Å². The van der Waals surface area contributed by atoms with Crippen molar-refractivity contribution in [2.24, 2.45) is 0 Å². The lowest BCUT2D eigenvalue weighted by Crippen LogP contribution is -2.16. The molecule has 0 aliphatic heterocycles. The normalized spacial score (nSPS) is 12.6. The van der Waals surface area contributed by atoms with Gasteiger partial charge in [0.1, 0.15) is 5.25 Å². The first-order valence-electron chi connectivity index (χ1n) is 8.27. The van der Waals surface area contributed by atoms with Crippen LogP contribution in [0, 0.1) is 6.92 Å². The smallest absolute Gasteiger partial charge is 0.189 e. The number of hydrogen-bond acceptors (Lipinski definition) is 4. The number of phenols is 1. The zero-order valence-corrected chi connectivity index (χ0v) is 17.3. The van der Waals surface area contributed by atoms with E-state index in [4.69, 9.17) is 4.74 Å². The van der Waals surface area contributed by atoms with E-state index in [-0.39, 0.29) is 22.0 Å². The van der Waals surface area contributed by atoms with E-state index in [2.05, 4.69) is 15.9 Å². The highest BCUT2D eigenvalue weighted by molar-refractivity contribution is 9.10. The van der Waals surface area contributed by atoms with E-state index in [1.165, 1.54) is 7.11 Å². The Morgan fingerprint density at radius 1 is 0.963 bits per heavy atom. The molecule has 0 amide bonds. The minimum Gasteiger partial charge on any atom is -0.504 e. The van der Waals surface area contributed by atoms with Gasteiger partial charge in [0.25, 0.3) is 0 Å². The second kappa shape index (κ2) is 7.74. The summed E-state index contributed by atoms with van der Waals surface area (Å²) in [7, 11) is -2.39. The lowest BCUT2D eigenvalue weighted by atomic mass is 10.0. The number of aryl methyl sites for hydroxylation is 1. The van der Waals surface area contributed by atoms with Crippen molar-refractivity contribution in [3.63, 3.8) is 0 Å². The molecule has 0 radical (unpaired) electrons. The van der Waals surface area contributed by atoms with Crippen LogP contribution in [0.25, 0.3) is 0 Å². The maximum atomic E-state index is 13.5. The number of benzene rings is 3. The first kappa shape index (κ1) is 19.5. The molecule has 4 nitrogen and oxygen atoms in total. The van der Waals surface area contributed by atoms with E-state index < -0.39 is 15.1 Å². The van der Waals surface area contributed by atoms with Crippen molar-refractivity contribution in [1.29, 1.82) is 0 Å². The number of halogens is 1. The zero-order valence-electron chi connectivity index (χ0n) is 14.9. The minimum atomic E-state index is -3.82. The molecule has 1 unspecified atom stereocenters. The highest BCUT2D eigenvalue weighted by atomic mass is 79.9. The molecule has 0 aromatic heterocycles. The monoisotopic (exact) mass is 446 g/mol. The second-order valence-corrected chi connectivity index (χ2v) is 9.05. The van der Waals surface area contributed by atoms with Gasteiger partial charge < -0.3 is 9.84 Å². The van der Waals surface area contributed by atoms with Gasteiger partial charge in [-0.05, 0) is 46.6 Å². The largest absolute Gasteiger partial charge is 0.504 e. The molecule has 140 valence electrons. The first-order valence-corrected chi connectivity index (χ1v) is 10.6. The highest BCUT2D eigenvalue weighted by Gasteiger charge is 2.34. The van der Waals surface area contributed by atoms with Crippen molar-refractivity contribution >= 4 is 25.8 Å². The van der Waals surface area contributed by atoms with Gasteiger partial charge in [-0.25, -0.2) is 8.42 Å². The topological polar surface area (TPSA) is 63.6 Å². The minimum absolute atomic E-state index is 0.197. The van der Waals surface area contributed by atoms with E-state index >= 15 is 0 Å². The molecular formula is C21H19BrO4S. The second-order valence-electron chi connectivity index (χ2n) is 6.17. The van der Waals surface area contributed by atoms with Crippen molar-refractivity contribution in [3.05, 3.63) is 87.9 Å². The van der Waals surface area contributed by atoms with Gasteiger partial charge in [-0.2, -0.15) is 0 Å². The molecule has 0 aliphatic rings. The molecule has 0 saturated heterocycles. The number of aromatic hydroxyl groups is 1. The molecular weight excluding hydrogens is 428 g/mol. The summed E-state index contributed by atoms with van der Waals surface area (Å²) in [6.07, 6.45) is 0. The number of ether oxygens (including phenoxy) is 1. The van der Waals surface area contributed by atoms with Gasteiger partial charge in [0.05, 0.1) is 16.5 Å². The van der Waals surface area contributed by atoms with Crippen LogP contribution in [0.5, 0.6) is 11.5 Å². The summed E-state index contributed by atoms with van der Waals surface area (Å²) in [4.78, 5) is 0.197. The van der Waals surface area contributed by atoms with E-state index in [1.54, 1.807) is 60.7 Å². The van der Waals surface area contributed by atoms with Gasteiger partial charge in [0, 0.05) is 5.56 Å². The molecule has 3 rings (SSSR count). The van der Waals surface area contributed by atoms with E-state index in [1.807, 2.05) is 13.0 Å². The average molecular weight is 447 g/mol. The van der Waals surface area contributed by atoms with Crippen molar-refractivity contribution in [2.45, 2.75) is 17.1 Å². The van der Waals surface area contributed by atoms with Crippen molar-refractivity contribution < 1.29 is 18.3 Å². The van der Waals surface area contributed by atoms with Crippen LogP contribution in [-0.4, -0.2) is 20.6 Å². The molecule has 1 atom stereocenters. The van der Waals surface area contributed by atoms with Gasteiger partial charge in [-0.15, -0.1) is 0 Å². The highest BCUT2D eigenvalue weighted by Crippen LogP contribution is 2.45. The zero-order chi connectivity index (χ0) is 19.6. The summed E-state index contributed by atoms with van der Waals surface area (Å²) < 4.78 is 32.8. The van der Waals surface area contributed by atoms with Crippen molar-refractivity contribution in [3.8, 4) is 11.5 Å². The van der Waals surface area contributed by atoms with Crippen LogP contribution in [0.4, 0.5) is 0 Å². The molecule has 3 aromatic carbocycles. The molecule has 0 fully saturated rings. The number of sulfone groups is 1. The Morgan fingerprint density at radius 3 is 2.19 bits per heavy atom. The third kappa shape index (κ3) is 3.73. The van der Waals surface area contributed by atoms with Crippen LogP contribution >= 0.6 is 15.9 Å². The van der Waals surface area contributed by atoms with Crippen LogP contribution in [0.1, 0.15) is 21.9 Å². The van der Waals surface area contributed by atoms with E-state index in [9.17, 15) is 13.5 Å². The lowest BCUT2D eigenvalue weighted by molar-refractivity contribution is 0.368. The Morgan fingerprint density at radius 2 is 1.59 bits per heavy atom. The predicted molar refractivity (Wildman–Crippen MR) is 109 cm³/mol. The summed E-state index contributed by atoms with van der Waals surface area (Å²) >= 11 is 3.32. The Kier molecular flexibility index (Phi) is 5.58. The van der Waals surface area contributed by atoms with Crippen LogP contribution in [0.3, 0.4) is 0 Å². The van der Waals surface area contributed by atoms with Gasteiger partial charge in [-0.1, -0.05) is 54.1 Å². The summed E-state index contributed by atoms with van der Waals surface area (Å²) in [5.41, 5.74) is 1.80. The molecule has 0 aliphatic carbocycles. The first-order chi connectivity index (χ1) is 12.9. The quantitative estimate of drug-likeness (QED) is 0.596. The van der Waals surface area contributed by atoms with Crippen LogP contribution in [0.2, 0.25) is 0 Å². The summed E-state index contributed by atoms with van der Waals surface area (Å²) in [5.74, 6) is 0.00366. The molecule has 27 heavy (non-hydrogen) atoms. The molecule has 3 aromatic rings. The van der Waals surface area contributed by atoms with Crippen LogP contribution in [0.15, 0.2) is 76.1 Å². The number of methoxy groups -OCH3 is 1. The Balaban J connectivity index is 2.27. The fourth-order valence-electron chi connectivity index (χ4n) is 2.99. The standard InChI is InChI=1S/C21H19BrO4S/c1-14-8-10-16(11-9-14)27(24,25)21(15-6-4-3-5-7-15)17-12-13-18(22)20(26-2)19(17)23/h3-13,21,23H,1-2H3. The van der Waals surface area contributed by atoms with Crippen molar-refractivity contribution in [1.82, 2.24) is 0 Å². The van der Waals surface area contributed by atoms with Gasteiger partial charge in [0.15, 0.2) is 21.3 Å². The number of rotatable bonds is 5. The maximum Gasteiger partial charge on any atom is 0.189 e. The van der Waals surface area contributed by atoms with Crippen molar-refractivity contribution in [2.75, 3.05) is 7.11 Å². The third-order valence-corrected chi connectivity index (χ3v) is 7.06. The van der Waals surface area contributed by atoms with E-state index in [0.717, 1.165) is 5.56 Å². The number of hydrogen-bond donors (Lipinski definition) is 1. The Hall–Kier alpha value is -2.31. The summed E-state index contributed by atoms with van der Waals surface area (Å²) in [5, 5.41) is 9.67. The molecule has 0 bridgehead atoms. The molecule has 0 saturated carbocycles. The lowest BCUT2D eigenvalue weighted by Gasteiger charge is -2.21. The number of phenolic OH excluding ortho intramolecular Hbond substituents is 1. The summed E-state index contributed by atoms with van der Waals surface area (Å²) in [6, 6.07) is 18.8. The summed E-state index contributed by atoms with van der Waals surface area (Å²) in [6.45, 7) is 1.90. The van der Waals surface area contributed by atoms with Gasteiger partial charge in [0.2, 0.25) is 0 Å². The average Bonchev–Trinajstić information content (AvgIpc) is 2.65.